The van der Waals surface area contributed by atoms with Crippen LogP contribution in [0.3, 0.4) is 0 Å². The predicted molar refractivity (Wildman–Crippen MR) is 99.1 cm³/mol. The van der Waals surface area contributed by atoms with Crippen LogP contribution in [0.25, 0.3) is 11.0 Å². The first-order chi connectivity index (χ1) is 13.3. The molecule has 5 rings (SSSR count). The largest absolute Gasteiger partial charge is 0.454 e. The Kier molecular flexibility index (Phi) is 4.01. The van der Waals surface area contributed by atoms with Gasteiger partial charge in [-0.25, -0.2) is 4.68 Å². The van der Waals surface area contributed by atoms with Crippen LogP contribution in [0.15, 0.2) is 42.5 Å². The number of ketones is 1. The van der Waals surface area contributed by atoms with Gasteiger partial charge in [-0.05, 0) is 43.2 Å². The van der Waals surface area contributed by atoms with Crippen LogP contribution in [0.1, 0.15) is 29.2 Å². The summed E-state index contributed by atoms with van der Waals surface area (Å²) >= 11 is 0. The average Bonchev–Trinajstić information content (AvgIpc) is 3.35. The Morgan fingerprint density at radius 2 is 1.89 bits per heavy atom. The van der Waals surface area contributed by atoms with Crippen molar-refractivity contribution in [3.05, 3.63) is 48.0 Å². The Balaban J connectivity index is 1.22. The summed E-state index contributed by atoms with van der Waals surface area (Å²) in [5.74, 6) is 1.46. The van der Waals surface area contributed by atoms with Crippen molar-refractivity contribution in [3.63, 3.8) is 0 Å². The molecule has 0 bridgehead atoms. The number of hydrogen-bond donors (Lipinski definition) is 0. The second-order valence-corrected chi connectivity index (χ2v) is 7.02. The molecule has 0 radical (unpaired) electrons. The van der Waals surface area contributed by atoms with E-state index in [-0.39, 0.29) is 12.6 Å². The second-order valence-electron chi connectivity index (χ2n) is 7.02. The van der Waals surface area contributed by atoms with E-state index in [1.807, 2.05) is 28.9 Å². The third-order valence-electron chi connectivity index (χ3n) is 5.34. The molecule has 2 aliphatic heterocycles. The number of hydrogen-bond acceptors (Lipinski definition) is 6. The van der Waals surface area contributed by atoms with Crippen molar-refractivity contribution in [3.8, 4) is 11.5 Å². The molecular weight excluding hydrogens is 344 g/mol. The summed E-state index contributed by atoms with van der Waals surface area (Å²) in [5.41, 5.74) is 2.67. The van der Waals surface area contributed by atoms with E-state index in [4.69, 9.17) is 9.47 Å². The molecular formula is C20H20N4O3. The lowest BCUT2D eigenvalue weighted by Gasteiger charge is -2.31. The Hall–Kier alpha value is -2.93. The lowest BCUT2D eigenvalue weighted by atomic mass is 10.0. The molecule has 138 valence electrons. The molecule has 27 heavy (non-hydrogen) atoms. The summed E-state index contributed by atoms with van der Waals surface area (Å²) in [6.07, 6.45) is 1.92. The molecule has 0 atom stereocenters. The van der Waals surface area contributed by atoms with Crippen LogP contribution in [0.2, 0.25) is 0 Å². The molecule has 0 N–H and O–H groups in total. The maximum atomic E-state index is 12.6. The fourth-order valence-electron chi connectivity index (χ4n) is 3.84. The molecule has 3 aromatic rings. The van der Waals surface area contributed by atoms with Gasteiger partial charge >= 0.3 is 0 Å². The highest BCUT2D eigenvalue weighted by Crippen LogP contribution is 2.33. The SMILES string of the molecule is O=C(CN1CCC(n2nnc3ccccc32)CC1)c1ccc2c(c1)OCO2. The number of benzene rings is 2. The van der Waals surface area contributed by atoms with Gasteiger partial charge < -0.3 is 9.47 Å². The summed E-state index contributed by atoms with van der Waals surface area (Å²) in [7, 11) is 0. The minimum atomic E-state index is 0.109. The molecule has 7 nitrogen and oxygen atoms in total. The molecule has 2 aliphatic rings. The van der Waals surface area contributed by atoms with Crippen LogP contribution in [-0.4, -0.2) is 52.1 Å². The highest BCUT2D eigenvalue weighted by atomic mass is 16.7. The number of para-hydroxylation sites is 1. The number of rotatable bonds is 4. The van der Waals surface area contributed by atoms with Gasteiger partial charge in [-0.1, -0.05) is 17.3 Å². The monoisotopic (exact) mass is 364 g/mol. The van der Waals surface area contributed by atoms with Crippen molar-refractivity contribution in [1.82, 2.24) is 19.9 Å². The molecule has 0 aliphatic carbocycles. The normalized spacial score (nSPS) is 17.5. The van der Waals surface area contributed by atoms with Gasteiger partial charge in [0, 0.05) is 18.7 Å². The van der Waals surface area contributed by atoms with Gasteiger partial charge in [-0.3, -0.25) is 9.69 Å². The number of likely N-dealkylation sites (tertiary alicyclic amines) is 1. The van der Waals surface area contributed by atoms with E-state index in [1.54, 1.807) is 12.1 Å². The fraction of sp³-hybridized carbons (Fsp3) is 0.350. The first-order valence-corrected chi connectivity index (χ1v) is 9.23. The van der Waals surface area contributed by atoms with Crippen LogP contribution < -0.4 is 9.47 Å². The van der Waals surface area contributed by atoms with E-state index in [1.165, 1.54) is 0 Å². The highest BCUT2D eigenvalue weighted by Gasteiger charge is 2.25. The first kappa shape index (κ1) is 16.3. The number of Topliss-reactive ketones (excluding diaryl/α,β-unsaturated/α-hetero) is 1. The number of piperidine rings is 1. The zero-order chi connectivity index (χ0) is 18.2. The quantitative estimate of drug-likeness (QED) is 0.663. The number of aromatic nitrogens is 3. The molecule has 3 heterocycles. The van der Waals surface area contributed by atoms with E-state index < -0.39 is 0 Å². The third-order valence-corrected chi connectivity index (χ3v) is 5.34. The Labute approximate surface area is 156 Å². The number of ether oxygens (including phenoxy) is 2. The van der Waals surface area contributed by atoms with Crippen molar-refractivity contribution in [2.45, 2.75) is 18.9 Å². The summed E-state index contributed by atoms with van der Waals surface area (Å²) in [6, 6.07) is 13.8. The molecule has 1 fully saturated rings. The zero-order valence-corrected chi connectivity index (χ0v) is 14.9. The van der Waals surface area contributed by atoms with Crippen LogP contribution in [0.5, 0.6) is 11.5 Å². The summed E-state index contributed by atoms with van der Waals surface area (Å²) < 4.78 is 12.7. The molecule has 2 aromatic carbocycles. The number of nitrogens with zero attached hydrogens (tertiary/aromatic N) is 4. The van der Waals surface area contributed by atoms with Crippen molar-refractivity contribution < 1.29 is 14.3 Å². The third kappa shape index (κ3) is 3.04. The van der Waals surface area contributed by atoms with Gasteiger partial charge in [0.15, 0.2) is 17.3 Å². The second kappa shape index (κ2) is 6.66. The maximum Gasteiger partial charge on any atom is 0.231 e. The molecule has 0 unspecified atom stereocenters. The number of fused-ring (bicyclic) bond motifs is 2. The van der Waals surface area contributed by atoms with E-state index >= 15 is 0 Å². The average molecular weight is 364 g/mol. The number of carbonyl (C=O) groups is 1. The van der Waals surface area contributed by atoms with E-state index in [9.17, 15) is 4.79 Å². The van der Waals surface area contributed by atoms with Crippen LogP contribution in [0, 0.1) is 0 Å². The van der Waals surface area contributed by atoms with Gasteiger partial charge in [0.2, 0.25) is 6.79 Å². The van der Waals surface area contributed by atoms with Gasteiger partial charge in [0.05, 0.1) is 18.1 Å². The van der Waals surface area contributed by atoms with Gasteiger partial charge in [-0.2, -0.15) is 0 Å². The van der Waals surface area contributed by atoms with Gasteiger partial charge in [-0.15, -0.1) is 5.10 Å². The molecule has 1 saturated heterocycles. The Morgan fingerprint density at radius 3 is 2.78 bits per heavy atom. The molecule has 1 aromatic heterocycles. The predicted octanol–water partition coefficient (Wildman–Crippen LogP) is 2.68. The lowest BCUT2D eigenvalue weighted by Crippen LogP contribution is -2.38. The fourth-order valence-corrected chi connectivity index (χ4v) is 3.84. The number of carbonyl (C=O) groups excluding carboxylic acids is 1. The van der Waals surface area contributed by atoms with Crippen molar-refractivity contribution in [1.29, 1.82) is 0 Å². The topological polar surface area (TPSA) is 69.5 Å². The minimum Gasteiger partial charge on any atom is -0.454 e. The van der Waals surface area contributed by atoms with Crippen LogP contribution >= 0.6 is 0 Å². The van der Waals surface area contributed by atoms with Crippen molar-refractivity contribution >= 4 is 16.8 Å². The van der Waals surface area contributed by atoms with E-state index in [0.29, 0.717) is 29.6 Å². The minimum absolute atomic E-state index is 0.109. The lowest BCUT2D eigenvalue weighted by molar-refractivity contribution is 0.0895. The maximum absolute atomic E-state index is 12.6. The van der Waals surface area contributed by atoms with E-state index in [0.717, 1.165) is 37.0 Å². The highest BCUT2D eigenvalue weighted by molar-refractivity contribution is 5.98. The van der Waals surface area contributed by atoms with Crippen LogP contribution in [0.4, 0.5) is 0 Å². The smallest absolute Gasteiger partial charge is 0.231 e. The molecule has 0 amide bonds. The van der Waals surface area contributed by atoms with Crippen molar-refractivity contribution in [2.24, 2.45) is 0 Å². The summed E-state index contributed by atoms with van der Waals surface area (Å²) in [4.78, 5) is 14.8. The standard InChI is InChI=1S/C20H20N4O3/c25-18(14-5-6-19-20(11-14)27-13-26-19)12-23-9-7-15(8-10-23)24-17-4-2-1-3-16(17)21-22-24/h1-6,11,15H,7-10,12-13H2. The molecule has 7 heteroatoms. The Morgan fingerprint density at radius 1 is 1.07 bits per heavy atom. The molecule has 0 spiro atoms. The van der Waals surface area contributed by atoms with Crippen molar-refractivity contribution in [2.75, 3.05) is 26.4 Å². The first-order valence-electron chi connectivity index (χ1n) is 9.23. The van der Waals surface area contributed by atoms with Gasteiger partial charge in [0.25, 0.3) is 0 Å². The van der Waals surface area contributed by atoms with Gasteiger partial charge in [0.1, 0.15) is 5.52 Å². The summed E-state index contributed by atoms with van der Waals surface area (Å²) in [6.45, 7) is 2.38. The molecule has 0 saturated carbocycles. The van der Waals surface area contributed by atoms with Crippen LogP contribution in [-0.2, 0) is 0 Å². The zero-order valence-electron chi connectivity index (χ0n) is 14.9. The summed E-state index contributed by atoms with van der Waals surface area (Å²) in [5, 5.41) is 8.59. The Bertz CT molecular complexity index is 992. The van der Waals surface area contributed by atoms with E-state index in [2.05, 4.69) is 21.3 Å².